The number of nitrogens with two attached hydrogens (primary N) is 1. The molecule has 0 atom stereocenters. The molecule has 4 heteroatoms. The van der Waals surface area contributed by atoms with Crippen molar-refractivity contribution < 1.29 is 0 Å². The van der Waals surface area contributed by atoms with E-state index in [-0.39, 0.29) is 0 Å². The fraction of sp³-hybridized carbons (Fsp3) is 0.333. The van der Waals surface area contributed by atoms with Gasteiger partial charge in [-0.2, -0.15) is 0 Å². The lowest BCUT2D eigenvalue weighted by Gasteiger charge is -2.27. The van der Waals surface area contributed by atoms with E-state index in [1.807, 2.05) is 18.2 Å². The maximum Gasteiger partial charge on any atom is 0.137 e. The summed E-state index contributed by atoms with van der Waals surface area (Å²) >= 11 is 0. The van der Waals surface area contributed by atoms with Gasteiger partial charge in [-0.05, 0) is 37.5 Å². The van der Waals surface area contributed by atoms with Crippen LogP contribution in [-0.4, -0.2) is 16.0 Å². The number of nitrogen functional groups attached to an aromatic ring is 1. The Morgan fingerprint density at radius 1 is 1.25 bits per heavy atom. The highest BCUT2D eigenvalue weighted by molar-refractivity contribution is 5.90. The first kappa shape index (κ1) is 9.39. The van der Waals surface area contributed by atoms with Crippen LogP contribution in [0.3, 0.4) is 0 Å². The summed E-state index contributed by atoms with van der Waals surface area (Å²) in [6.07, 6.45) is 5.37. The minimum atomic E-state index is 0.579. The van der Waals surface area contributed by atoms with Gasteiger partial charge in [-0.1, -0.05) is 0 Å². The fourth-order valence-electron chi connectivity index (χ4n) is 1.94. The van der Waals surface area contributed by atoms with Crippen molar-refractivity contribution in [3.05, 3.63) is 24.5 Å². The van der Waals surface area contributed by atoms with Crippen molar-refractivity contribution in [3.63, 3.8) is 0 Å². The number of hydrogen-bond donors (Lipinski definition) is 2. The number of hydrogen-bond acceptors (Lipinski definition) is 4. The summed E-state index contributed by atoms with van der Waals surface area (Å²) in [7, 11) is 0. The number of fused-ring (bicyclic) bond motifs is 1. The summed E-state index contributed by atoms with van der Waals surface area (Å²) < 4.78 is 0. The van der Waals surface area contributed by atoms with E-state index in [0.717, 1.165) is 22.4 Å². The van der Waals surface area contributed by atoms with Crippen molar-refractivity contribution >= 4 is 22.4 Å². The lowest BCUT2D eigenvalue weighted by atomic mass is 9.93. The molecule has 0 unspecified atom stereocenters. The van der Waals surface area contributed by atoms with Crippen molar-refractivity contribution in [3.8, 4) is 0 Å². The van der Waals surface area contributed by atoms with Gasteiger partial charge in [0.25, 0.3) is 0 Å². The summed E-state index contributed by atoms with van der Waals surface area (Å²) in [4.78, 5) is 8.52. The van der Waals surface area contributed by atoms with Crippen LogP contribution in [0.15, 0.2) is 24.5 Å². The summed E-state index contributed by atoms with van der Waals surface area (Å²) in [6, 6.07) is 6.32. The fourth-order valence-corrected chi connectivity index (χ4v) is 1.94. The predicted molar refractivity (Wildman–Crippen MR) is 65.2 cm³/mol. The molecule has 4 nitrogen and oxygen atoms in total. The van der Waals surface area contributed by atoms with Gasteiger partial charge in [-0.25, -0.2) is 9.97 Å². The van der Waals surface area contributed by atoms with E-state index >= 15 is 0 Å². The Balaban J connectivity index is 2.02. The SMILES string of the molecule is Nc1ccc2c(NC3CCC3)ncnc2c1. The molecular formula is C12H14N4. The summed E-state index contributed by atoms with van der Waals surface area (Å²) in [5, 5.41) is 4.49. The van der Waals surface area contributed by atoms with Crippen molar-refractivity contribution in [1.82, 2.24) is 9.97 Å². The largest absolute Gasteiger partial charge is 0.399 e. The number of nitrogens with zero attached hydrogens (tertiary/aromatic N) is 2. The first-order valence-corrected chi connectivity index (χ1v) is 5.60. The minimum Gasteiger partial charge on any atom is -0.399 e. The van der Waals surface area contributed by atoms with Crippen LogP contribution in [0.25, 0.3) is 10.9 Å². The summed E-state index contributed by atoms with van der Waals surface area (Å²) in [5.41, 5.74) is 7.37. The molecule has 0 radical (unpaired) electrons. The van der Waals surface area contributed by atoms with E-state index in [2.05, 4.69) is 15.3 Å². The highest BCUT2D eigenvalue weighted by atomic mass is 15.0. The predicted octanol–water partition coefficient (Wildman–Crippen LogP) is 2.18. The van der Waals surface area contributed by atoms with E-state index in [1.54, 1.807) is 6.33 Å². The van der Waals surface area contributed by atoms with Crippen LogP contribution in [0.5, 0.6) is 0 Å². The van der Waals surface area contributed by atoms with Crippen LogP contribution < -0.4 is 11.1 Å². The first-order valence-electron chi connectivity index (χ1n) is 5.60. The molecule has 0 amide bonds. The average Bonchev–Trinajstić information content (AvgIpc) is 2.23. The molecule has 3 N–H and O–H groups in total. The first-order chi connectivity index (χ1) is 7.83. The Labute approximate surface area is 93.9 Å². The minimum absolute atomic E-state index is 0.579. The standard InChI is InChI=1S/C12H14N4/c13-8-4-5-10-11(6-8)14-7-15-12(10)16-9-2-1-3-9/h4-7,9H,1-3,13H2,(H,14,15,16). The average molecular weight is 214 g/mol. The van der Waals surface area contributed by atoms with Gasteiger partial charge in [-0.15, -0.1) is 0 Å². The monoisotopic (exact) mass is 214 g/mol. The molecule has 1 heterocycles. The molecule has 1 aromatic heterocycles. The zero-order valence-corrected chi connectivity index (χ0v) is 8.98. The molecule has 1 aliphatic rings. The Bertz CT molecular complexity index is 519. The number of nitrogens with one attached hydrogen (secondary N) is 1. The van der Waals surface area contributed by atoms with Gasteiger partial charge in [0.1, 0.15) is 12.1 Å². The number of rotatable bonds is 2. The molecule has 1 aliphatic carbocycles. The molecule has 1 fully saturated rings. The third-order valence-corrected chi connectivity index (χ3v) is 3.11. The number of benzene rings is 1. The molecule has 2 aromatic rings. The smallest absolute Gasteiger partial charge is 0.137 e. The van der Waals surface area contributed by atoms with Crippen LogP contribution in [-0.2, 0) is 0 Å². The second kappa shape index (κ2) is 3.63. The lowest BCUT2D eigenvalue weighted by Crippen LogP contribution is -2.27. The molecule has 0 bridgehead atoms. The number of anilines is 2. The van der Waals surface area contributed by atoms with Crippen LogP contribution in [0.2, 0.25) is 0 Å². The van der Waals surface area contributed by atoms with E-state index in [9.17, 15) is 0 Å². The van der Waals surface area contributed by atoms with Crippen LogP contribution >= 0.6 is 0 Å². The van der Waals surface area contributed by atoms with Gasteiger partial charge in [0.2, 0.25) is 0 Å². The van der Waals surface area contributed by atoms with Crippen molar-refractivity contribution in [2.45, 2.75) is 25.3 Å². The van der Waals surface area contributed by atoms with Gasteiger partial charge in [-0.3, -0.25) is 0 Å². The van der Waals surface area contributed by atoms with Crippen molar-refractivity contribution in [2.24, 2.45) is 0 Å². The Morgan fingerprint density at radius 2 is 2.12 bits per heavy atom. The quantitative estimate of drug-likeness (QED) is 0.752. The molecule has 1 aromatic carbocycles. The highest BCUT2D eigenvalue weighted by Crippen LogP contribution is 2.26. The Kier molecular flexibility index (Phi) is 2.13. The summed E-state index contributed by atoms with van der Waals surface area (Å²) in [6.45, 7) is 0. The second-order valence-corrected chi connectivity index (χ2v) is 4.27. The third-order valence-electron chi connectivity index (χ3n) is 3.11. The second-order valence-electron chi connectivity index (χ2n) is 4.27. The summed E-state index contributed by atoms with van der Waals surface area (Å²) in [5.74, 6) is 0.926. The van der Waals surface area contributed by atoms with Crippen LogP contribution in [0.4, 0.5) is 11.5 Å². The molecule has 3 rings (SSSR count). The number of aromatic nitrogens is 2. The van der Waals surface area contributed by atoms with E-state index in [4.69, 9.17) is 5.73 Å². The molecule has 82 valence electrons. The van der Waals surface area contributed by atoms with Crippen LogP contribution in [0, 0.1) is 0 Å². The van der Waals surface area contributed by atoms with Gasteiger partial charge in [0, 0.05) is 17.1 Å². The molecule has 0 saturated heterocycles. The normalized spacial score (nSPS) is 16.0. The van der Waals surface area contributed by atoms with Gasteiger partial charge >= 0.3 is 0 Å². The van der Waals surface area contributed by atoms with Crippen molar-refractivity contribution in [2.75, 3.05) is 11.1 Å². The van der Waals surface area contributed by atoms with Gasteiger partial charge in [0.05, 0.1) is 5.52 Å². The maximum absolute atomic E-state index is 5.73. The third kappa shape index (κ3) is 1.56. The van der Waals surface area contributed by atoms with E-state index in [1.165, 1.54) is 19.3 Å². The zero-order valence-electron chi connectivity index (χ0n) is 8.98. The molecule has 0 aliphatic heterocycles. The van der Waals surface area contributed by atoms with Gasteiger partial charge < -0.3 is 11.1 Å². The molecule has 0 spiro atoms. The molecular weight excluding hydrogens is 200 g/mol. The molecule has 16 heavy (non-hydrogen) atoms. The maximum atomic E-state index is 5.73. The van der Waals surface area contributed by atoms with Crippen LogP contribution in [0.1, 0.15) is 19.3 Å². The zero-order chi connectivity index (χ0) is 11.0. The Morgan fingerprint density at radius 3 is 2.88 bits per heavy atom. The Hall–Kier alpha value is -1.84. The van der Waals surface area contributed by atoms with E-state index < -0.39 is 0 Å². The topological polar surface area (TPSA) is 63.8 Å². The highest BCUT2D eigenvalue weighted by Gasteiger charge is 2.18. The van der Waals surface area contributed by atoms with E-state index in [0.29, 0.717) is 6.04 Å². The van der Waals surface area contributed by atoms with Crippen molar-refractivity contribution in [1.29, 1.82) is 0 Å². The van der Waals surface area contributed by atoms with Gasteiger partial charge in [0.15, 0.2) is 0 Å². The molecule has 1 saturated carbocycles. The lowest BCUT2D eigenvalue weighted by molar-refractivity contribution is 0.445.